The van der Waals surface area contributed by atoms with Gasteiger partial charge in [-0.25, -0.2) is 4.68 Å². The van der Waals surface area contributed by atoms with Crippen molar-refractivity contribution in [3.8, 4) is 5.69 Å². The van der Waals surface area contributed by atoms with Crippen molar-refractivity contribution in [2.24, 2.45) is 0 Å². The van der Waals surface area contributed by atoms with E-state index >= 15 is 0 Å². The fraction of sp³-hybridized carbons (Fsp3) is 0.273. The van der Waals surface area contributed by atoms with E-state index in [1.165, 1.54) is 0 Å². The first-order valence-corrected chi connectivity index (χ1v) is 9.64. The van der Waals surface area contributed by atoms with Crippen molar-refractivity contribution in [2.75, 3.05) is 5.32 Å². The summed E-state index contributed by atoms with van der Waals surface area (Å²) in [5, 5.41) is 13.9. The van der Waals surface area contributed by atoms with Crippen molar-refractivity contribution in [1.29, 1.82) is 0 Å². The molecule has 0 saturated carbocycles. The zero-order valence-electron chi connectivity index (χ0n) is 16.9. The number of nitrogens with zero attached hydrogens (tertiary/aromatic N) is 3. The number of benzene rings is 2. The number of amides is 2. The predicted octanol–water partition coefficient (Wildman–Crippen LogP) is 3.55. The second-order valence-electron chi connectivity index (χ2n) is 6.95. The molecule has 0 aliphatic rings. The number of carbonyl (C=O) groups is 2. The van der Waals surface area contributed by atoms with E-state index in [0.717, 1.165) is 28.9 Å². The van der Waals surface area contributed by atoms with E-state index < -0.39 is 0 Å². The molecule has 0 atom stereocenters. The maximum absolute atomic E-state index is 12.6. The Morgan fingerprint density at radius 1 is 1.07 bits per heavy atom. The molecule has 0 saturated heterocycles. The summed E-state index contributed by atoms with van der Waals surface area (Å²) < 4.78 is 1.65. The number of carbonyl (C=O) groups excluding carboxylic acids is 2. The van der Waals surface area contributed by atoms with Gasteiger partial charge >= 0.3 is 0 Å². The van der Waals surface area contributed by atoms with Crippen LogP contribution in [-0.4, -0.2) is 26.8 Å². The molecule has 3 rings (SSSR count). The van der Waals surface area contributed by atoms with Gasteiger partial charge in [-0.05, 0) is 50.1 Å². The number of anilines is 1. The lowest BCUT2D eigenvalue weighted by atomic mass is 10.2. The molecule has 7 nitrogen and oxygen atoms in total. The predicted molar refractivity (Wildman–Crippen MR) is 112 cm³/mol. The van der Waals surface area contributed by atoms with Gasteiger partial charge in [0.05, 0.1) is 11.4 Å². The van der Waals surface area contributed by atoms with E-state index in [4.69, 9.17) is 0 Å². The topological polar surface area (TPSA) is 88.9 Å². The molecule has 2 amide bonds. The first kappa shape index (κ1) is 20.3. The standard InChI is InChI=1S/C22H25N5O2/c1-4-6-20(28)24-18-8-5-7-17(13-18)14-23-22(29)21-16(3)27(26-25-21)19-11-9-15(2)10-12-19/h5,7-13H,4,6,14H2,1-3H3,(H,23,29)(H,24,28). The van der Waals surface area contributed by atoms with Gasteiger partial charge in [-0.3, -0.25) is 9.59 Å². The number of nitrogens with one attached hydrogen (secondary N) is 2. The van der Waals surface area contributed by atoms with Crippen molar-refractivity contribution in [3.05, 3.63) is 71.0 Å². The molecule has 1 aromatic heterocycles. The van der Waals surface area contributed by atoms with E-state index in [1.807, 2.05) is 69.3 Å². The van der Waals surface area contributed by atoms with Crippen LogP contribution in [0.4, 0.5) is 5.69 Å². The van der Waals surface area contributed by atoms with E-state index in [-0.39, 0.29) is 17.5 Å². The lowest BCUT2D eigenvalue weighted by Crippen LogP contribution is -2.24. The highest BCUT2D eigenvalue weighted by atomic mass is 16.2. The maximum atomic E-state index is 12.6. The average Bonchev–Trinajstić information content (AvgIpc) is 3.09. The Kier molecular flexibility index (Phi) is 6.39. The van der Waals surface area contributed by atoms with Crippen molar-refractivity contribution < 1.29 is 9.59 Å². The molecule has 0 aliphatic heterocycles. The van der Waals surface area contributed by atoms with E-state index in [2.05, 4.69) is 20.9 Å². The molecule has 0 radical (unpaired) electrons. The van der Waals surface area contributed by atoms with Crippen molar-refractivity contribution >= 4 is 17.5 Å². The van der Waals surface area contributed by atoms with Crippen LogP contribution in [0.5, 0.6) is 0 Å². The second kappa shape index (κ2) is 9.14. The van der Waals surface area contributed by atoms with Gasteiger partial charge in [-0.15, -0.1) is 5.10 Å². The number of hydrogen-bond donors (Lipinski definition) is 2. The normalized spacial score (nSPS) is 10.6. The highest BCUT2D eigenvalue weighted by Crippen LogP contribution is 2.14. The smallest absolute Gasteiger partial charge is 0.274 e. The Bertz CT molecular complexity index is 1010. The minimum absolute atomic E-state index is 0.0166. The van der Waals surface area contributed by atoms with Crippen LogP contribution in [0.15, 0.2) is 48.5 Å². The van der Waals surface area contributed by atoms with E-state index in [9.17, 15) is 9.59 Å². The molecule has 0 bridgehead atoms. The molecular formula is C22H25N5O2. The molecule has 0 unspecified atom stereocenters. The summed E-state index contributed by atoms with van der Waals surface area (Å²) in [5.41, 5.74) is 4.57. The summed E-state index contributed by atoms with van der Waals surface area (Å²) in [6.45, 7) is 6.12. The molecule has 0 fully saturated rings. The Labute approximate surface area is 170 Å². The third kappa shape index (κ3) is 5.07. The van der Waals surface area contributed by atoms with Crippen LogP contribution in [0.3, 0.4) is 0 Å². The lowest BCUT2D eigenvalue weighted by molar-refractivity contribution is -0.116. The number of aromatic nitrogens is 3. The van der Waals surface area contributed by atoms with Gasteiger partial charge in [-0.2, -0.15) is 0 Å². The monoisotopic (exact) mass is 391 g/mol. The van der Waals surface area contributed by atoms with E-state index in [0.29, 0.717) is 18.7 Å². The SMILES string of the molecule is CCCC(=O)Nc1cccc(CNC(=O)c2nnn(-c3ccc(C)cc3)c2C)c1. The van der Waals surface area contributed by atoms with Crippen LogP contribution in [0.2, 0.25) is 0 Å². The Morgan fingerprint density at radius 2 is 1.83 bits per heavy atom. The van der Waals surface area contributed by atoms with Gasteiger partial charge in [0.25, 0.3) is 5.91 Å². The molecule has 0 spiro atoms. The Hall–Kier alpha value is -3.48. The molecular weight excluding hydrogens is 366 g/mol. The molecule has 0 aliphatic carbocycles. The van der Waals surface area contributed by atoms with Crippen molar-refractivity contribution in [3.63, 3.8) is 0 Å². The summed E-state index contributed by atoms with van der Waals surface area (Å²) in [7, 11) is 0. The van der Waals surface area contributed by atoms with Crippen LogP contribution in [-0.2, 0) is 11.3 Å². The number of hydrogen-bond acceptors (Lipinski definition) is 4. The summed E-state index contributed by atoms with van der Waals surface area (Å²) >= 11 is 0. The number of aryl methyl sites for hydroxylation is 1. The van der Waals surface area contributed by atoms with Crippen LogP contribution < -0.4 is 10.6 Å². The molecule has 7 heteroatoms. The molecule has 3 aromatic rings. The number of rotatable bonds is 7. The lowest BCUT2D eigenvalue weighted by Gasteiger charge is -2.08. The van der Waals surface area contributed by atoms with Gasteiger partial charge in [0.1, 0.15) is 0 Å². The summed E-state index contributed by atoms with van der Waals surface area (Å²) in [6, 6.07) is 15.3. The largest absolute Gasteiger partial charge is 0.347 e. The fourth-order valence-corrected chi connectivity index (χ4v) is 2.95. The molecule has 2 aromatic carbocycles. The Morgan fingerprint density at radius 3 is 2.55 bits per heavy atom. The molecule has 150 valence electrons. The minimum Gasteiger partial charge on any atom is -0.347 e. The van der Waals surface area contributed by atoms with Gasteiger partial charge in [0.15, 0.2) is 5.69 Å². The summed E-state index contributed by atoms with van der Waals surface area (Å²) in [6.07, 6.45) is 1.28. The van der Waals surface area contributed by atoms with Crippen molar-refractivity contribution in [1.82, 2.24) is 20.3 Å². The summed E-state index contributed by atoms with van der Waals surface area (Å²) in [4.78, 5) is 24.3. The first-order valence-electron chi connectivity index (χ1n) is 9.64. The molecule has 2 N–H and O–H groups in total. The zero-order chi connectivity index (χ0) is 20.8. The molecule has 1 heterocycles. The third-order valence-corrected chi connectivity index (χ3v) is 4.53. The minimum atomic E-state index is -0.290. The highest BCUT2D eigenvalue weighted by Gasteiger charge is 2.17. The first-order chi connectivity index (χ1) is 14.0. The maximum Gasteiger partial charge on any atom is 0.274 e. The van der Waals surface area contributed by atoms with Crippen LogP contribution >= 0.6 is 0 Å². The summed E-state index contributed by atoms with van der Waals surface area (Å²) in [5.74, 6) is -0.307. The van der Waals surface area contributed by atoms with Gasteiger partial charge < -0.3 is 10.6 Å². The van der Waals surface area contributed by atoms with Crippen LogP contribution in [0.25, 0.3) is 5.69 Å². The Balaban J connectivity index is 1.66. The second-order valence-corrected chi connectivity index (χ2v) is 6.95. The van der Waals surface area contributed by atoms with E-state index in [1.54, 1.807) is 4.68 Å². The van der Waals surface area contributed by atoms with Gasteiger partial charge in [-0.1, -0.05) is 42.0 Å². The quantitative estimate of drug-likeness (QED) is 0.645. The van der Waals surface area contributed by atoms with Crippen LogP contribution in [0, 0.1) is 13.8 Å². The fourth-order valence-electron chi connectivity index (χ4n) is 2.95. The van der Waals surface area contributed by atoms with Gasteiger partial charge in [0, 0.05) is 18.7 Å². The third-order valence-electron chi connectivity index (χ3n) is 4.53. The van der Waals surface area contributed by atoms with Gasteiger partial charge in [0.2, 0.25) is 5.91 Å². The zero-order valence-corrected chi connectivity index (χ0v) is 16.9. The molecule has 29 heavy (non-hydrogen) atoms. The van der Waals surface area contributed by atoms with Crippen molar-refractivity contribution in [2.45, 2.75) is 40.2 Å². The van der Waals surface area contributed by atoms with Crippen LogP contribution in [0.1, 0.15) is 47.1 Å². The highest BCUT2D eigenvalue weighted by molar-refractivity contribution is 5.93. The average molecular weight is 391 g/mol.